The van der Waals surface area contributed by atoms with E-state index in [1.807, 2.05) is 6.92 Å². The maximum Gasteiger partial charge on any atom is 1.00 e. The minimum absolute atomic E-state index is 0. The molecule has 0 unspecified atom stereocenters. The van der Waals surface area contributed by atoms with E-state index in [0.717, 1.165) is 24.5 Å². The molecule has 0 saturated heterocycles. The number of aryl methyl sites for hydroxylation is 1. The van der Waals surface area contributed by atoms with Gasteiger partial charge in [0.1, 0.15) is 0 Å². The van der Waals surface area contributed by atoms with E-state index in [2.05, 4.69) is 15.6 Å². The van der Waals surface area contributed by atoms with E-state index in [-0.39, 0.29) is 78.0 Å². The van der Waals surface area contributed by atoms with Gasteiger partial charge in [-0.1, -0.05) is 41.8 Å². The quantitative estimate of drug-likeness (QED) is 0.332. The van der Waals surface area contributed by atoms with Crippen LogP contribution < -0.4 is 40.0 Å². The normalized spacial score (nSPS) is 14.2. The minimum Gasteiger partial charge on any atom is -0.550 e. The third kappa shape index (κ3) is 7.90. The third-order valence-electron chi connectivity index (χ3n) is 6.42. The van der Waals surface area contributed by atoms with Crippen LogP contribution in [0.15, 0.2) is 33.3 Å². The van der Waals surface area contributed by atoms with Gasteiger partial charge in [-0.3, -0.25) is 4.79 Å². The summed E-state index contributed by atoms with van der Waals surface area (Å²) in [5.41, 5.74) is 2.50. The van der Waals surface area contributed by atoms with Gasteiger partial charge in [0.05, 0.1) is 16.4 Å². The van der Waals surface area contributed by atoms with Gasteiger partial charge in [0.25, 0.3) is 0 Å². The SMILES string of the molecule is Cc1ccc(NC(=O)C[C@H](CCC(=O)[O-])c2noc(-c3cc(C(F)(F)CC(C)C)on3)c2C2CC2)c(Cl)c1.[Na+]. The Labute approximate surface area is 252 Å². The Morgan fingerprint density at radius 2 is 1.92 bits per heavy atom. The predicted molar refractivity (Wildman–Crippen MR) is 134 cm³/mol. The van der Waals surface area contributed by atoms with Crippen LogP contribution in [-0.4, -0.2) is 22.2 Å². The zero-order valence-corrected chi connectivity index (χ0v) is 25.1. The van der Waals surface area contributed by atoms with Crippen LogP contribution in [-0.2, 0) is 15.5 Å². The Hall–Kier alpha value is -2.27. The number of anilines is 1. The summed E-state index contributed by atoms with van der Waals surface area (Å²) in [5.74, 6) is -6.08. The Bertz CT molecular complexity index is 1320. The summed E-state index contributed by atoms with van der Waals surface area (Å²) in [4.78, 5) is 24.2. The zero-order valence-electron chi connectivity index (χ0n) is 22.4. The maximum absolute atomic E-state index is 14.6. The van der Waals surface area contributed by atoms with Crippen molar-refractivity contribution in [2.45, 2.75) is 77.1 Å². The van der Waals surface area contributed by atoms with Crippen LogP contribution in [0.2, 0.25) is 5.02 Å². The Morgan fingerprint density at radius 3 is 2.54 bits per heavy atom. The average molecular weight is 572 g/mol. The van der Waals surface area contributed by atoms with Gasteiger partial charge in [0, 0.05) is 36.4 Å². The number of carboxylic acid groups (broad SMARTS) is 1. The molecule has 8 nitrogen and oxygen atoms in total. The number of rotatable bonds is 12. The predicted octanol–water partition coefficient (Wildman–Crippen LogP) is 2.95. The van der Waals surface area contributed by atoms with Gasteiger partial charge in [-0.15, -0.1) is 0 Å². The number of benzene rings is 1. The first-order valence-electron chi connectivity index (χ1n) is 12.5. The topological polar surface area (TPSA) is 121 Å². The molecule has 1 aliphatic rings. The number of halogens is 3. The fourth-order valence-corrected chi connectivity index (χ4v) is 4.78. The smallest absolute Gasteiger partial charge is 0.550 e. The van der Waals surface area contributed by atoms with Crippen LogP contribution in [0.1, 0.15) is 86.8 Å². The molecular formula is C27H29ClF2N3NaO5. The molecule has 0 aliphatic heterocycles. The summed E-state index contributed by atoms with van der Waals surface area (Å²) in [6.45, 7) is 5.25. The van der Waals surface area contributed by atoms with Crippen LogP contribution in [0.3, 0.4) is 0 Å². The standard InChI is InChI=1S/C27H30ClF2N3O5.Na/c1-14(2)13-27(29,30)21-12-20(32-37-21)26-24(16-5-6-16)25(33-38-26)17(7-9-23(35)36)11-22(34)31-19-8-4-15(3)10-18(19)28;/h4,8,10,12,14,16-17H,5-7,9,11,13H2,1-3H3,(H,31,34)(H,35,36);/q;+1/p-1/t17-;/m0./s1. The molecule has 1 amide bonds. The summed E-state index contributed by atoms with van der Waals surface area (Å²) < 4.78 is 39.8. The summed E-state index contributed by atoms with van der Waals surface area (Å²) >= 11 is 6.24. The van der Waals surface area contributed by atoms with Crippen LogP contribution in [0.25, 0.3) is 11.5 Å². The number of carbonyl (C=O) groups excluding carboxylic acids is 2. The minimum atomic E-state index is -3.20. The Balaban J connectivity index is 0.00000420. The molecule has 0 bridgehead atoms. The van der Waals surface area contributed by atoms with Crippen molar-refractivity contribution >= 4 is 29.2 Å². The fourth-order valence-electron chi connectivity index (χ4n) is 4.50. The second-order valence-corrected chi connectivity index (χ2v) is 10.7. The summed E-state index contributed by atoms with van der Waals surface area (Å²) in [5, 5.41) is 22.4. The molecule has 1 atom stereocenters. The number of alkyl halides is 2. The first-order chi connectivity index (χ1) is 17.9. The van der Waals surface area contributed by atoms with Gasteiger partial charge in [-0.25, -0.2) is 0 Å². The average Bonchev–Trinajstić information content (AvgIpc) is 3.35. The molecule has 2 aromatic heterocycles. The van der Waals surface area contributed by atoms with Crippen molar-refractivity contribution in [2.75, 3.05) is 5.32 Å². The monoisotopic (exact) mass is 571 g/mol. The van der Waals surface area contributed by atoms with Gasteiger partial charge in [-0.05, 0) is 62.1 Å². The molecule has 3 aromatic rings. The van der Waals surface area contributed by atoms with Crippen molar-refractivity contribution in [1.29, 1.82) is 0 Å². The van der Waals surface area contributed by atoms with E-state index in [1.165, 1.54) is 0 Å². The maximum atomic E-state index is 14.6. The molecule has 2 heterocycles. The van der Waals surface area contributed by atoms with Crippen molar-refractivity contribution in [3.05, 3.63) is 51.9 Å². The first kappa shape index (κ1) is 31.3. The molecule has 39 heavy (non-hydrogen) atoms. The van der Waals surface area contributed by atoms with Crippen molar-refractivity contribution < 1.29 is 62.1 Å². The summed E-state index contributed by atoms with van der Waals surface area (Å²) in [7, 11) is 0. The van der Waals surface area contributed by atoms with Gasteiger partial charge in [-0.2, -0.15) is 8.78 Å². The number of aromatic nitrogens is 2. The molecule has 0 spiro atoms. The van der Waals surface area contributed by atoms with E-state index in [9.17, 15) is 23.5 Å². The van der Waals surface area contributed by atoms with E-state index >= 15 is 0 Å². The van der Waals surface area contributed by atoms with Crippen molar-refractivity contribution in [1.82, 2.24) is 10.3 Å². The van der Waals surface area contributed by atoms with Crippen LogP contribution >= 0.6 is 11.6 Å². The van der Waals surface area contributed by atoms with Gasteiger partial charge >= 0.3 is 35.5 Å². The molecule has 1 aliphatic carbocycles. The van der Waals surface area contributed by atoms with Gasteiger partial charge in [0.2, 0.25) is 11.7 Å². The van der Waals surface area contributed by atoms with Crippen molar-refractivity contribution in [2.24, 2.45) is 5.92 Å². The molecule has 0 radical (unpaired) electrons. The fraction of sp³-hybridized carbons (Fsp3) is 0.481. The van der Waals surface area contributed by atoms with Crippen LogP contribution in [0, 0.1) is 12.8 Å². The van der Waals surface area contributed by atoms with E-state index in [0.29, 0.717) is 22.0 Å². The van der Waals surface area contributed by atoms with Crippen LogP contribution in [0.4, 0.5) is 14.5 Å². The molecule has 1 N–H and O–H groups in total. The largest absolute Gasteiger partial charge is 1.00 e. The van der Waals surface area contributed by atoms with E-state index in [1.54, 1.807) is 32.0 Å². The number of amides is 1. The first-order valence-corrected chi connectivity index (χ1v) is 12.9. The number of carboxylic acids is 1. The second-order valence-electron chi connectivity index (χ2n) is 10.3. The van der Waals surface area contributed by atoms with Crippen LogP contribution in [0.5, 0.6) is 0 Å². The molecule has 4 rings (SSSR count). The molecule has 204 valence electrons. The molecule has 1 fully saturated rings. The number of hydrogen-bond donors (Lipinski definition) is 1. The molecule has 12 heteroatoms. The van der Waals surface area contributed by atoms with Crippen molar-refractivity contribution in [3.8, 4) is 11.5 Å². The zero-order chi connectivity index (χ0) is 27.6. The molecule has 1 saturated carbocycles. The Morgan fingerprint density at radius 1 is 1.21 bits per heavy atom. The summed E-state index contributed by atoms with van der Waals surface area (Å²) in [6, 6.07) is 6.37. The number of nitrogens with one attached hydrogen (secondary N) is 1. The van der Waals surface area contributed by atoms with E-state index < -0.39 is 30.0 Å². The Kier molecular flexibility index (Phi) is 10.4. The van der Waals surface area contributed by atoms with Gasteiger partial charge < -0.3 is 24.3 Å². The second kappa shape index (κ2) is 12.9. The molecule has 1 aromatic carbocycles. The number of hydrogen-bond acceptors (Lipinski definition) is 7. The van der Waals surface area contributed by atoms with E-state index in [4.69, 9.17) is 20.6 Å². The molecular weight excluding hydrogens is 543 g/mol. The number of carbonyl (C=O) groups is 2. The van der Waals surface area contributed by atoms with Crippen molar-refractivity contribution in [3.63, 3.8) is 0 Å². The summed E-state index contributed by atoms with van der Waals surface area (Å²) in [6.07, 6.45) is 0.899. The van der Waals surface area contributed by atoms with Gasteiger partial charge in [0.15, 0.2) is 11.5 Å². The number of aliphatic carboxylic acids is 1. The number of nitrogens with zero attached hydrogens (tertiary/aromatic N) is 2. The third-order valence-corrected chi connectivity index (χ3v) is 6.74.